The number of hydrogen-bond donors (Lipinski definition) is 0. The Labute approximate surface area is 63.5 Å². The minimum absolute atomic E-state index is 0.782. The molecule has 0 aromatic carbocycles. The lowest BCUT2D eigenvalue weighted by atomic mass is 10.5. The number of imidazole rings is 1. The molecule has 2 heterocycles. The van der Waals surface area contributed by atoms with Crippen molar-refractivity contribution < 1.29 is 0 Å². The summed E-state index contributed by atoms with van der Waals surface area (Å²) in [7, 11) is 0. The summed E-state index contributed by atoms with van der Waals surface area (Å²) >= 11 is 0. The minimum Gasteiger partial charge on any atom is -0.289 e. The molecule has 0 N–H and O–H groups in total. The van der Waals surface area contributed by atoms with Gasteiger partial charge in [-0.25, -0.2) is 4.98 Å². The van der Waals surface area contributed by atoms with Crippen LogP contribution in [0, 0.1) is 0 Å². The zero-order valence-corrected chi connectivity index (χ0v) is 5.75. The molecule has 0 spiro atoms. The largest absolute Gasteiger partial charge is 0.289 e. The Kier molecular flexibility index (Phi) is 1.37. The van der Waals surface area contributed by atoms with Gasteiger partial charge in [0.1, 0.15) is 6.33 Å². The molecule has 0 aliphatic heterocycles. The zero-order chi connectivity index (χ0) is 7.52. The molecule has 54 valence electrons. The molecule has 0 radical (unpaired) electrons. The molecule has 2 aromatic heterocycles. The van der Waals surface area contributed by atoms with Gasteiger partial charge in [-0.05, 0) is 12.1 Å². The van der Waals surface area contributed by atoms with E-state index in [0.29, 0.717) is 0 Å². The van der Waals surface area contributed by atoms with Crippen molar-refractivity contribution in [1.82, 2.24) is 19.7 Å². The standard InChI is InChI=1S/C7H6N4/c1-2-7(10-9-3-1)11-5-4-8-6-11/h1-6H. The van der Waals surface area contributed by atoms with Gasteiger partial charge in [-0.1, -0.05) is 0 Å². The summed E-state index contributed by atoms with van der Waals surface area (Å²) < 4.78 is 1.80. The van der Waals surface area contributed by atoms with Gasteiger partial charge in [0.05, 0.1) is 0 Å². The third-order valence-electron chi connectivity index (χ3n) is 1.33. The first-order valence-corrected chi connectivity index (χ1v) is 3.23. The molecule has 4 nitrogen and oxygen atoms in total. The fourth-order valence-electron chi connectivity index (χ4n) is 0.826. The highest BCUT2D eigenvalue weighted by Gasteiger charge is 1.92. The van der Waals surface area contributed by atoms with E-state index in [2.05, 4.69) is 15.2 Å². The normalized spacial score (nSPS) is 9.82. The van der Waals surface area contributed by atoms with Gasteiger partial charge in [-0.3, -0.25) is 4.57 Å². The van der Waals surface area contributed by atoms with Crippen molar-refractivity contribution >= 4 is 0 Å². The second kappa shape index (κ2) is 2.49. The van der Waals surface area contributed by atoms with Gasteiger partial charge in [0, 0.05) is 18.6 Å². The molecule has 0 saturated carbocycles. The number of aromatic nitrogens is 4. The lowest BCUT2D eigenvalue weighted by molar-refractivity contribution is 0.912. The van der Waals surface area contributed by atoms with E-state index in [0.717, 1.165) is 5.82 Å². The molecule has 4 heteroatoms. The van der Waals surface area contributed by atoms with Gasteiger partial charge in [-0.2, -0.15) is 5.10 Å². The average molecular weight is 146 g/mol. The van der Waals surface area contributed by atoms with Crippen molar-refractivity contribution in [2.45, 2.75) is 0 Å². The average Bonchev–Trinajstić information content (AvgIpc) is 2.58. The van der Waals surface area contributed by atoms with Crippen LogP contribution in [0.15, 0.2) is 37.1 Å². The maximum absolute atomic E-state index is 3.89. The van der Waals surface area contributed by atoms with Crippen LogP contribution in [0.1, 0.15) is 0 Å². The summed E-state index contributed by atoms with van der Waals surface area (Å²) in [5.74, 6) is 0.782. The van der Waals surface area contributed by atoms with Crippen LogP contribution in [-0.4, -0.2) is 19.7 Å². The van der Waals surface area contributed by atoms with Crippen molar-refractivity contribution in [2.24, 2.45) is 0 Å². The Bertz CT molecular complexity index is 313. The topological polar surface area (TPSA) is 43.6 Å². The van der Waals surface area contributed by atoms with Crippen LogP contribution in [-0.2, 0) is 0 Å². The van der Waals surface area contributed by atoms with Crippen LogP contribution in [0.3, 0.4) is 0 Å². The summed E-state index contributed by atoms with van der Waals surface area (Å²) in [6, 6.07) is 3.71. The van der Waals surface area contributed by atoms with Gasteiger partial charge in [0.25, 0.3) is 0 Å². The van der Waals surface area contributed by atoms with Crippen molar-refractivity contribution in [3.05, 3.63) is 37.1 Å². The van der Waals surface area contributed by atoms with Gasteiger partial charge < -0.3 is 0 Å². The second-order valence-corrected chi connectivity index (χ2v) is 2.05. The summed E-state index contributed by atoms with van der Waals surface area (Å²) in [6.45, 7) is 0. The van der Waals surface area contributed by atoms with E-state index >= 15 is 0 Å². The Morgan fingerprint density at radius 2 is 2.27 bits per heavy atom. The monoisotopic (exact) mass is 146 g/mol. The smallest absolute Gasteiger partial charge is 0.160 e. The van der Waals surface area contributed by atoms with E-state index in [4.69, 9.17) is 0 Å². The Morgan fingerprint density at radius 1 is 1.27 bits per heavy atom. The van der Waals surface area contributed by atoms with Crippen LogP contribution < -0.4 is 0 Å². The van der Waals surface area contributed by atoms with Crippen LogP contribution in [0.25, 0.3) is 5.82 Å². The molecular weight excluding hydrogens is 140 g/mol. The van der Waals surface area contributed by atoms with Crippen LogP contribution in [0.2, 0.25) is 0 Å². The van der Waals surface area contributed by atoms with Gasteiger partial charge in [0.15, 0.2) is 5.82 Å². The second-order valence-electron chi connectivity index (χ2n) is 2.05. The fourth-order valence-corrected chi connectivity index (χ4v) is 0.826. The molecule has 0 bridgehead atoms. The molecule has 0 atom stereocenters. The van der Waals surface area contributed by atoms with Gasteiger partial charge in [0.2, 0.25) is 0 Å². The predicted molar refractivity (Wildman–Crippen MR) is 39.2 cm³/mol. The van der Waals surface area contributed by atoms with Crippen molar-refractivity contribution in [3.8, 4) is 5.82 Å². The Balaban J connectivity index is 2.46. The third kappa shape index (κ3) is 1.10. The van der Waals surface area contributed by atoms with Crippen molar-refractivity contribution in [3.63, 3.8) is 0 Å². The lowest BCUT2D eigenvalue weighted by Gasteiger charge is -1.95. The first-order chi connectivity index (χ1) is 5.47. The fraction of sp³-hybridized carbons (Fsp3) is 0. The van der Waals surface area contributed by atoms with E-state index in [1.807, 2.05) is 18.3 Å². The number of nitrogens with zero attached hydrogens (tertiary/aromatic N) is 4. The summed E-state index contributed by atoms with van der Waals surface area (Å²) in [5.41, 5.74) is 0. The maximum Gasteiger partial charge on any atom is 0.160 e. The van der Waals surface area contributed by atoms with Gasteiger partial charge >= 0.3 is 0 Å². The van der Waals surface area contributed by atoms with Crippen molar-refractivity contribution in [2.75, 3.05) is 0 Å². The molecule has 2 aromatic rings. The molecule has 2 rings (SSSR count). The highest BCUT2D eigenvalue weighted by molar-refractivity contribution is 5.18. The summed E-state index contributed by atoms with van der Waals surface area (Å²) in [5, 5.41) is 7.64. The molecule has 0 amide bonds. The van der Waals surface area contributed by atoms with Crippen LogP contribution >= 0.6 is 0 Å². The highest BCUT2D eigenvalue weighted by Crippen LogP contribution is 1.98. The first-order valence-electron chi connectivity index (χ1n) is 3.23. The van der Waals surface area contributed by atoms with E-state index < -0.39 is 0 Å². The van der Waals surface area contributed by atoms with Crippen LogP contribution in [0.4, 0.5) is 0 Å². The molecule has 0 fully saturated rings. The summed E-state index contributed by atoms with van der Waals surface area (Å²) in [4.78, 5) is 3.89. The SMILES string of the molecule is c1cnnc(-n2ccnc2)c1. The van der Waals surface area contributed by atoms with E-state index in [1.165, 1.54) is 0 Å². The molecule has 0 saturated heterocycles. The predicted octanol–water partition coefficient (Wildman–Crippen LogP) is 0.662. The number of hydrogen-bond acceptors (Lipinski definition) is 3. The van der Waals surface area contributed by atoms with E-state index in [-0.39, 0.29) is 0 Å². The Hall–Kier alpha value is -1.71. The molecule has 0 unspecified atom stereocenters. The highest BCUT2D eigenvalue weighted by atomic mass is 15.2. The summed E-state index contributed by atoms with van der Waals surface area (Å²) in [6.07, 6.45) is 6.85. The van der Waals surface area contributed by atoms with E-state index in [1.54, 1.807) is 23.3 Å². The Morgan fingerprint density at radius 3 is 2.91 bits per heavy atom. The van der Waals surface area contributed by atoms with Gasteiger partial charge in [-0.15, -0.1) is 5.10 Å². The zero-order valence-electron chi connectivity index (χ0n) is 5.75. The minimum atomic E-state index is 0.782. The lowest BCUT2D eigenvalue weighted by Crippen LogP contribution is -1.94. The molecular formula is C7H6N4. The number of rotatable bonds is 1. The molecule has 0 aliphatic carbocycles. The first kappa shape index (κ1) is 6.03. The quantitative estimate of drug-likeness (QED) is 0.593. The molecule has 11 heavy (non-hydrogen) atoms. The third-order valence-corrected chi connectivity index (χ3v) is 1.33. The maximum atomic E-state index is 3.89. The molecule has 0 aliphatic rings. The van der Waals surface area contributed by atoms with Crippen molar-refractivity contribution in [1.29, 1.82) is 0 Å². The van der Waals surface area contributed by atoms with Crippen LogP contribution in [0.5, 0.6) is 0 Å². The van der Waals surface area contributed by atoms with E-state index in [9.17, 15) is 0 Å².